The van der Waals surface area contributed by atoms with Gasteiger partial charge in [0.2, 0.25) is 0 Å². The summed E-state index contributed by atoms with van der Waals surface area (Å²) in [6.07, 6.45) is 0.846. The van der Waals surface area contributed by atoms with Crippen molar-refractivity contribution in [3.05, 3.63) is 112 Å². The molecule has 4 aromatic rings. The summed E-state index contributed by atoms with van der Waals surface area (Å²) in [5, 5.41) is 12.9. The van der Waals surface area contributed by atoms with Crippen LogP contribution in [0.2, 0.25) is 0 Å². The number of rotatable bonds is 6. The first kappa shape index (κ1) is 20.0. The smallest absolute Gasteiger partial charge is 0.339 e. The van der Waals surface area contributed by atoms with Crippen LogP contribution >= 0.6 is 0 Å². The van der Waals surface area contributed by atoms with Gasteiger partial charge in [0, 0.05) is 23.7 Å². The van der Waals surface area contributed by atoms with Crippen LogP contribution in [0.3, 0.4) is 0 Å². The molecule has 0 fully saturated rings. The maximum atomic E-state index is 12.9. The molecule has 0 bridgehead atoms. The fraction of sp³-hybridized carbons (Fsp3) is 0.0833. The van der Waals surface area contributed by atoms with Gasteiger partial charge in [-0.05, 0) is 35.2 Å². The van der Waals surface area contributed by atoms with E-state index in [1.807, 2.05) is 30.3 Å². The molecule has 1 atom stereocenters. The number of nitro groups is 1. The molecule has 31 heavy (non-hydrogen) atoms. The first-order valence-corrected chi connectivity index (χ1v) is 9.50. The Hall–Kier alpha value is -4.26. The maximum Gasteiger partial charge on any atom is 0.339 e. The van der Waals surface area contributed by atoms with E-state index >= 15 is 0 Å². The van der Waals surface area contributed by atoms with E-state index in [-0.39, 0.29) is 11.3 Å². The minimum Gasteiger partial charge on any atom is -0.497 e. The van der Waals surface area contributed by atoms with E-state index in [0.29, 0.717) is 17.0 Å². The van der Waals surface area contributed by atoms with Gasteiger partial charge in [0.25, 0.3) is 5.69 Å². The molecule has 7 nitrogen and oxygen atoms in total. The van der Waals surface area contributed by atoms with Crippen LogP contribution in [0.25, 0.3) is 10.8 Å². The van der Waals surface area contributed by atoms with Crippen LogP contribution in [0.5, 0.6) is 5.75 Å². The highest BCUT2D eigenvalue weighted by Crippen LogP contribution is 2.32. The third kappa shape index (κ3) is 4.20. The second-order valence-electron chi connectivity index (χ2n) is 6.78. The summed E-state index contributed by atoms with van der Waals surface area (Å²) < 4.78 is 11.1. The standard InChI is InChI=1S/C24H18N2O5/c1-30-20-11-9-17(10-12-20)23(22-21-8-3-2-5-16(21)13-14-25-22)31-24(27)18-6-4-7-19(15-18)26(28)29/h2-15,23H,1H3. The van der Waals surface area contributed by atoms with Crippen LogP contribution in [0.4, 0.5) is 5.69 Å². The Morgan fingerprint density at radius 1 is 1.00 bits per heavy atom. The lowest BCUT2D eigenvalue weighted by Crippen LogP contribution is -2.15. The Bertz CT molecular complexity index is 1250. The maximum absolute atomic E-state index is 12.9. The molecule has 1 unspecified atom stereocenters. The molecule has 0 saturated carbocycles. The molecular weight excluding hydrogens is 396 g/mol. The van der Waals surface area contributed by atoms with Crippen LogP contribution in [0, 0.1) is 10.1 Å². The first-order chi connectivity index (χ1) is 15.1. The van der Waals surface area contributed by atoms with Crippen molar-refractivity contribution >= 4 is 22.4 Å². The number of benzene rings is 3. The second kappa shape index (κ2) is 8.62. The number of nitrogens with zero attached hydrogens (tertiary/aromatic N) is 2. The largest absolute Gasteiger partial charge is 0.497 e. The number of hydrogen-bond donors (Lipinski definition) is 0. The van der Waals surface area contributed by atoms with Gasteiger partial charge in [-0.1, -0.05) is 42.5 Å². The molecule has 0 N–H and O–H groups in total. The minimum atomic E-state index is -0.816. The van der Waals surface area contributed by atoms with Gasteiger partial charge in [-0.25, -0.2) is 4.79 Å². The fourth-order valence-corrected chi connectivity index (χ4v) is 3.33. The summed E-state index contributed by atoms with van der Waals surface area (Å²) in [6.45, 7) is 0. The molecule has 3 aromatic carbocycles. The average molecular weight is 414 g/mol. The Labute approximate surface area is 178 Å². The van der Waals surface area contributed by atoms with E-state index in [2.05, 4.69) is 4.98 Å². The zero-order valence-electron chi connectivity index (χ0n) is 16.6. The van der Waals surface area contributed by atoms with Crippen LogP contribution in [-0.2, 0) is 4.74 Å². The molecular formula is C24H18N2O5. The van der Waals surface area contributed by atoms with Crippen molar-refractivity contribution in [1.29, 1.82) is 0 Å². The summed E-state index contributed by atoms with van der Waals surface area (Å²) >= 11 is 0. The normalized spacial score (nSPS) is 11.6. The molecule has 0 radical (unpaired) electrons. The summed E-state index contributed by atoms with van der Waals surface area (Å²) in [5.41, 5.74) is 1.18. The Kier molecular flexibility index (Phi) is 5.57. The van der Waals surface area contributed by atoms with Gasteiger partial charge in [-0.3, -0.25) is 15.1 Å². The summed E-state index contributed by atoms with van der Waals surface area (Å²) in [7, 11) is 1.57. The lowest BCUT2D eigenvalue weighted by atomic mass is 10.0. The van der Waals surface area contributed by atoms with Crippen molar-refractivity contribution in [3.63, 3.8) is 0 Å². The highest BCUT2D eigenvalue weighted by Gasteiger charge is 2.24. The van der Waals surface area contributed by atoms with Gasteiger partial charge in [0.1, 0.15) is 5.75 Å². The summed E-state index contributed by atoms with van der Waals surface area (Å²) in [5.74, 6) is -0.0161. The lowest BCUT2D eigenvalue weighted by molar-refractivity contribution is -0.384. The Morgan fingerprint density at radius 2 is 1.77 bits per heavy atom. The van der Waals surface area contributed by atoms with E-state index in [4.69, 9.17) is 9.47 Å². The molecule has 1 aromatic heterocycles. The number of aromatic nitrogens is 1. The Balaban J connectivity index is 1.78. The van der Waals surface area contributed by atoms with Crippen LogP contribution < -0.4 is 4.74 Å². The van der Waals surface area contributed by atoms with E-state index in [1.54, 1.807) is 37.6 Å². The zero-order chi connectivity index (χ0) is 21.8. The van der Waals surface area contributed by atoms with Gasteiger partial charge in [-0.15, -0.1) is 0 Å². The van der Waals surface area contributed by atoms with Crippen LogP contribution in [0.1, 0.15) is 27.7 Å². The third-order valence-corrected chi connectivity index (χ3v) is 4.89. The molecule has 0 aliphatic rings. The second-order valence-corrected chi connectivity index (χ2v) is 6.78. The number of carbonyl (C=O) groups excluding carboxylic acids is 1. The van der Waals surface area contributed by atoms with E-state index in [1.165, 1.54) is 24.3 Å². The number of fused-ring (bicyclic) bond motifs is 1. The highest BCUT2D eigenvalue weighted by molar-refractivity contribution is 5.91. The first-order valence-electron chi connectivity index (χ1n) is 9.50. The summed E-state index contributed by atoms with van der Waals surface area (Å²) in [4.78, 5) is 28.0. The number of carbonyl (C=O) groups is 1. The molecule has 0 aliphatic heterocycles. The predicted molar refractivity (Wildman–Crippen MR) is 115 cm³/mol. The predicted octanol–water partition coefficient (Wildman–Crippen LogP) is 5.10. The van der Waals surface area contributed by atoms with E-state index in [0.717, 1.165) is 10.8 Å². The molecule has 4 rings (SSSR count). The van der Waals surface area contributed by atoms with E-state index in [9.17, 15) is 14.9 Å². The SMILES string of the molecule is COc1ccc(C(OC(=O)c2cccc([N+](=O)[O-])c2)c2nccc3ccccc23)cc1. The highest BCUT2D eigenvalue weighted by atomic mass is 16.6. The van der Waals surface area contributed by atoms with Crippen molar-refractivity contribution in [2.45, 2.75) is 6.10 Å². The number of nitro benzene ring substituents is 1. The number of methoxy groups -OCH3 is 1. The molecule has 0 spiro atoms. The molecule has 7 heteroatoms. The lowest BCUT2D eigenvalue weighted by Gasteiger charge is -2.20. The number of pyridine rings is 1. The average Bonchev–Trinajstić information content (AvgIpc) is 2.82. The number of hydrogen-bond acceptors (Lipinski definition) is 6. The third-order valence-electron chi connectivity index (χ3n) is 4.89. The molecule has 0 amide bonds. The van der Waals surface area contributed by atoms with Crippen LogP contribution in [0.15, 0.2) is 85.1 Å². The quantitative estimate of drug-likeness (QED) is 0.248. The van der Waals surface area contributed by atoms with Gasteiger partial charge in [-0.2, -0.15) is 0 Å². The van der Waals surface area contributed by atoms with E-state index < -0.39 is 17.0 Å². The number of non-ortho nitro benzene ring substituents is 1. The van der Waals surface area contributed by atoms with Gasteiger partial charge in [0.15, 0.2) is 6.10 Å². The van der Waals surface area contributed by atoms with Crippen LogP contribution in [-0.4, -0.2) is 23.0 Å². The number of esters is 1. The monoisotopic (exact) mass is 414 g/mol. The van der Waals surface area contributed by atoms with Gasteiger partial charge >= 0.3 is 5.97 Å². The van der Waals surface area contributed by atoms with Crippen molar-refractivity contribution < 1.29 is 19.2 Å². The zero-order valence-corrected chi connectivity index (χ0v) is 16.6. The van der Waals surface area contributed by atoms with Crippen molar-refractivity contribution in [2.24, 2.45) is 0 Å². The molecule has 154 valence electrons. The number of ether oxygens (including phenoxy) is 2. The van der Waals surface area contributed by atoms with Crippen molar-refractivity contribution in [3.8, 4) is 5.75 Å². The van der Waals surface area contributed by atoms with Gasteiger partial charge < -0.3 is 9.47 Å². The molecule has 1 heterocycles. The molecule has 0 aliphatic carbocycles. The minimum absolute atomic E-state index is 0.0907. The van der Waals surface area contributed by atoms with Crippen molar-refractivity contribution in [2.75, 3.05) is 7.11 Å². The summed E-state index contributed by atoms with van der Waals surface area (Å²) in [6, 6.07) is 22.2. The topological polar surface area (TPSA) is 91.6 Å². The fourth-order valence-electron chi connectivity index (χ4n) is 3.33. The van der Waals surface area contributed by atoms with Crippen molar-refractivity contribution in [1.82, 2.24) is 4.98 Å². The Morgan fingerprint density at radius 3 is 2.52 bits per heavy atom. The molecule has 0 saturated heterocycles. The van der Waals surface area contributed by atoms with Gasteiger partial charge in [0.05, 0.1) is 23.3 Å².